The van der Waals surface area contributed by atoms with Gasteiger partial charge >= 0.3 is 5.97 Å². The number of carbonyl (C=O) groups is 1. The average Bonchev–Trinajstić information content (AvgIpc) is 2.88. The van der Waals surface area contributed by atoms with Crippen molar-refractivity contribution in [1.82, 2.24) is 4.72 Å². The zero-order valence-electron chi connectivity index (χ0n) is 13.7. The third-order valence-electron chi connectivity index (χ3n) is 2.99. The van der Waals surface area contributed by atoms with Gasteiger partial charge in [0.2, 0.25) is 10.0 Å². The minimum atomic E-state index is -3.65. The smallest absolute Gasteiger partial charge is 0.348 e. The van der Waals surface area contributed by atoms with Gasteiger partial charge in [0.1, 0.15) is 4.88 Å². The highest BCUT2D eigenvalue weighted by atomic mass is 35.5. The van der Waals surface area contributed by atoms with E-state index in [1.807, 2.05) is 0 Å². The fraction of sp³-hybridized carbons (Fsp3) is 0.400. The molecular weight excluding hydrogens is 372 g/mol. The number of hydrogen-bond acceptors (Lipinski definition) is 6. The average molecular weight is 393 g/mol. The number of rotatable bonds is 6. The molecule has 0 saturated heterocycles. The first kappa shape index (κ1) is 20.9. The van der Waals surface area contributed by atoms with Crippen molar-refractivity contribution in [2.75, 3.05) is 13.2 Å². The van der Waals surface area contributed by atoms with E-state index in [9.17, 15) is 13.2 Å². The van der Waals surface area contributed by atoms with Crippen LogP contribution in [0.2, 0.25) is 0 Å². The van der Waals surface area contributed by atoms with Crippen LogP contribution in [0.4, 0.5) is 0 Å². The Labute approximate surface area is 151 Å². The molecule has 0 amide bonds. The van der Waals surface area contributed by atoms with E-state index in [-0.39, 0.29) is 23.8 Å². The fourth-order valence-electron chi connectivity index (χ4n) is 1.86. The van der Waals surface area contributed by atoms with Gasteiger partial charge in [-0.25, -0.2) is 17.9 Å². The maximum Gasteiger partial charge on any atom is 0.348 e. The monoisotopic (exact) mass is 392 g/mol. The highest BCUT2D eigenvalue weighted by molar-refractivity contribution is 7.89. The lowest BCUT2D eigenvalue weighted by Gasteiger charge is -2.18. The summed E-state index contributed by atoms with van der Waals surface area (Å²) in [6, 6.07) is 6.38. The van der Waals surface area contributed by atoms with Crippen LogP contribution in [0.5, 0.6) is 0 Å². The molecule has 6 nitrogen and oxygen atoms in total. The van der Waals surface area contributed by atoms with E-state index in [4.69, 9.17) is 10.5 Å². The molecule has 1 aromatic heterocycles. The van der Waals surface area contributed by atoms with Crippen LogP contribution in [0.1, 0.15) is 30.4 Å². The van der Waals surface area contributed by atoms with E-state index in [0.717, 1.165) is 4.70 Å². The van der Waals surface area contributed by atoms with Crippen molar-refractivity contribution in [3.63, 3.8) is 0 Å². The first-order valence-electron chi connectivity index (χ1n) is 7.12. The summed E-state index contributed by atoms with van der Waals surface area (Å²) in [5, 5.41) is 0.688. The molecule has 0 spiro atoms. The van der Waals surface area contributed by atoms with Gasteiger partial charge in [0.15, 0.2) is 0 Å². The zero-order valence-corrected chi connectivity index (χ0v) is 16.1. The molecule has 1 aromatic carbocycles. The van der Waals surface area contributed by atoms with Gasteiger partial charge in [0.25, 0.3) is 0 Å². The van der Waals surface area contributed by atoms with Crippen molar-refractivity contribution in [2.45, 2.75) is 31.2 Å². The van der Waals surface area contributed by atoms with Gasteiger partial charge in [-0.2, -0.15) is 0 Å². The Morgan fingerprint density at radius 3 is 2.58 bits per heavy atom. The van der Waals surface area contributed by atoms with Gasteiger partial charge in [-0.15, -0.1) is 23.7 Å². The number of esters is 1. The molecule has 2 aromatic rings. The van der Waals surface area contributed by atoms with Crippen molar-refractivity contribution in [2.24, 2.45) is 5.73 Å². The molecule has 0 unspecified atom stereocenters. The maximum absolute atomic E-state index is 12.3. The van der Waals surface area contributed by atoms with Crippen LogP contribution in [0, 0.1) is 0 Å². The SMILES string of the molecule is CCOC(=O)c1cc2cc(S(=O)(=O)NCC(C)(C)N)ccc2s1.Cl. The molecular formula is C15H21ClN2O4S2. The molecule has 0 fully saturated rings. The van der Waals surface area contributed by atoms with Gasteiger partial charge in [0, 0.05) is 16.8 Å². The standard InChI is InChI=1S/C15H20N2O4S2.ClH/c1-4-21-14(18)13-8-10-7-11(5-6-12(10)22-13)23(19,20)17-9-15(2,3)16;/h5-8,17H,4,9,16H2,1-3H3;1H. The Balaban J connectivity index is 0.00000288. The van der Waals surface area contributed by atoms with Crippen LogP contribution < -0.4 is 10.5 Å². The van der Waals surface area contributed by atoms with Crippen LogP contribution in [0.3, 0.4) is 0 Å². The Morgan fingerprint density at radius 1 is 1.33 bits per heavy atom. The molecule has 0 aliphatic heterocycles. The number of nitrogens with one attached hydrogen (secondary N) is 1. The van der Waals surface area contributed by atoms with E-state index >= 15 is 0 Å². The van der Waals surface area contributed by atoms with Crippen molar-refractivity contribution in [3.05, 3.63) is 29.1 Å². The van der Waals surface area contributed by atoms with Crippen LogP contribution in [-0.4, -0.2) is 33.1 Å². The summed E-state index contributed by atoms with van der Waals surface area (Å²) in [6.07, 6.45) is 0. The molecule has 0 aliphatic rings. The quantitative estimate of drug-likeness (QED) is 0.736. The maximum atomic E-state index is 12.3. The van der Waals surface area contributed by atoms with Crippen molar-refractivity contribution in [3.8, 4) is 0 Å². The third kappa shape index (κ3) is 5.15. The van der Waals surface area contributed by atoms with E-state index in [1.54, 1.807) is 39.0 Å². The topological polar surface area (TPSA) is 98.5 Å². The Morgan fingerprint density at radius 2 is 2.00 bits per heavy atom. The van der Waals surface area contributed by atoms with E-state index in [2.05, 4.69) is 4.72 Å². The summed E-state index contributed by atoms with van der Waals surface area (Å²) >= 11 is 1.27. The summed E-state index contributed by atoms with van der Waals surface area (Å²) in [5.41, 5.74) is 5.16. The Bertz CT molecular complexity index is 826. The summed E-state index contributed by atoms with van der Waals surface area (Å²) in [7, 11) is -3.65. The molecule has 24 heavy (non-hydrogen) atoms. The van der Waals surface area contributed by atoms with E-state index in [0.29, 0.717) is 16.9 Å². The van der Waals surface area contributed by atoms with Crippen LogP contribution in [-0.2, 0) is 14.8 Å². The summed E-state index contributed by atoms with van der Waals surface area (Å²) in [4.78, 5) is 12.3. The first-order chi connectivity index (χ1) is 10.6. The number of thiophene rings is 1. The van der Waals surface area contributed by atoms with Gasteiger partial charge in [0.05, 0.1) is 11.5 Å². The molecule has 1 heterocycles. The fourth-order valence-corrected chi connectivity index (χ4v) is 4.05. The molecule has 0 aliphatic carbocycles. The van der Waals surface area contributed by atoms with Crippen molar-refractivity contribution >= 4 is 49.8 Å². The summed E-state index contributed by atoms with van der Waals surface area (Å²) in [5.74, 6) is -0.402. The normalized spacial score (nSPS) is 12.0. The van der Waals surface area contributed by atoms with Crippen molar-refractivity contribution < 1.29 is 17.9 Å². The molecule has 2 rings (SSSR count). The Kier molecular flexibility index (Phi) is 6.77. The molecule has 134 valence electrons. The number of fused-ring (bicyclic) bond motifs is 1. The molecule has 0 bridgehead atoms. The number of hydrogen-bond donors (Lipinski definition) is 2. The second kappa shape index (κ2) is 7.79. The van der Waals surface area contributed by atoms with E-state index in [1.165, 1.54) is 17.4 Å². The minimum Gasteiger partial charge on any atom is -0.462 e. The number of benzene rings is 1. The number of ether oxygens (including phenoxy) is 1. The third-order valence-corrected chi connectivity index (χ3v) is 5.49. The lowest BCUT2D eigenvalue weighted by atomic mass is 10.1. The number of halogens is 1. The number of carbonyl (C=O) groups excluding carboxylic acids is 1. The highest BCUT2D eigenvalue weighted by Gasteiger charge is 2.20. The van der Waals surface area contributed by atoms with Crippen molar-refractivity contribution in [1.29, 1.82) is 0 Å². The lowest BCUT2D eigenvalue weighted by molar-refractivity contribution is 0.0532. The molecule has 0 saturated carbocycles. The summed E-state index contributed by atoms with van der Waals surface area (Å²) < 4.78 is 32.9. The minimum absolute atomic E-state index is 0. The molecule has 9 heteroatoms. The predicted molar refractivity (Wildman–Crippen MR) is 98.5 cm³/mol. The first-order valence-corrected chi connectivity index (χ1v) is 9.41. The number of nitrogens with two attached hydrogens (primary N) is 1. The number of sulfonamides is 1. The van der Waals surface area contributed by atoms with Gasteiger partial charge in [-0.1, -0.05) is 0 Å². The zero-order chi connectivity index (χ0) is 17.3. The second-order valence-electron chi connectivity index (χ2n) is 5.84. The van der Waals surface area contributed by atoms with Crippen LogP contribution in [0.25, 0.3) is 10.1 Å². The van der Waals surface area contributed by atoms with Gasteiger partial charge in [-0.05, 0) is 50.4 Å². The second-order valence-corrected chi connectivity index (χ2v) is 8.69. The van der Waals surface area contributed by atoms with Crippen LogP contribution >= 0.6 is 23.7 Å². The molecule has 3 N–H and O–H groups in total. The summed E-state index contributed by atoms with van der Waals surface area (Å²) in [6.45, 7) is 5.64. The highest BCUT2D eigenvalue weighted by Crippen LogP contribution is 2.28. The predicted octanol–water partition coefficient (Wildman–Crippen LogP) is 2.52. The molecule has 0 radical (unpaired) electrons. The van der Waals surface area contributed by atoms with Gasteiger partial charge in [-0.3, -0.25) is 0 Å². The van der Waals surface area contributed by atoms with Gasteiger partial charge < -0.3 is 10.5 Å². The molecule has 0 atom stereocenters. The van der Waals surface area contributed by atoms with Crippen LogP contribution in [0.15, 0.2) is 29.2 Å². The Hall–Kier alpha value is -1.19. The lowest BCUT2D eigenvalue weighted by Crippen LogP contribution is -2.45. The van der Waals surface area contributed by atoms with E-state index < -0.39 is 21.5 Å². The largest absolute Gasteiger partial charge is 0.462 e.